The molecule has 3 heteroatoms. The number of thioether (sulfide) groups is 1. The van der Waals surface area contributed by atoms with Crippen LogP contribution in [0.4, 0.5) is 0 Å². The van der Waals surface area contributed by atoms with Crippen molar-refractivity contribution in [3.63, 3.8) is 0 Å². The quantitative estimate of drug-likeness (QED) is 0.567. The Morgan fingerprint density at radius 2 is 2.60 bits per heavy atom. The SMILES string of the molecule is CC1CNC2SC=NC2C1. The predicted molar refractivity (Wildman–Crippen MR) is 45.4 cm³/mol. The number of fused-ring (bicyclic) bond motifs is 1. The zero-order chi connectivity index (χ0) is 6.97. The molecule has 2 nitrogen and oxygen atoms in total. The summed E-state index contributed by atoms with van der Waals surface area (Å²) in [4.78, 5) is 4.38. The molecule has 1 N–H and O–H groups in total. The standard InChI is InChI=1S/C7H12N2S/c1-5-2-6-7(8-3-5)10-4-9-6/h4-8H,2-3H2,1H3. The van der Waals surface area contributed by atoms with Gasteiger partial charge in [0.1, 0.15) is 0 Å². The monoisotopic (exact) mass is 156 g/mol. The van der Waals surface area contributed by atoms with Gasteiger partial charge in [-0.05, 0) is 18.9 Å². The topological polar surface area (TPSA) is 24.4 Å². The van der Waals surface area contributed by atoms with Crippen molar-refractivity contribution < 1.29 is 0 Å². The molecule has 0 aromatic carbocycles. The first-order valence-corrected chi connectivity index (χ1v) is 4.71. The lowest BCUT2D eigenvalue weighted by molar-refractivity contribution is 0.351. The van der Waals surface area contributed by atoms with Gasteiger partial charge in [-0.2, -0.15) is 0 Å². The number of hydrogen-bond donors (Lipinski definition) is 1. The first-order valence-electron chi connectivity index (χ1n) is 3.77. The second kappa shape index (κ2) is 2.55. The fourth-order valence-electron chi connectivity index (χ4n) is 1.53. The van der Waals surface area contributed by atoms with Crippen LogP contribution in [0.15, 0.2) is 4.99 Å². The molecule has 0 radical (unpaired) electrons. The van der Waals surface area contributed by atoms with Gasteiger partial charge >= 0.3 is 0 Å². The van der Waals surface area contributed by atoms with Crippen molar-refractivity contribution in [2.75, 3.05) is 6.54 Å². The first kappa shape index (κ1) is 6.68. The predicted octanol–water partition coefficient (Wildman–Crippen LogP) is 1.09. The number of aliphatic imine (C=N–C) groups is 1. The molecule has 0 aromatic rings. The molecule has 2 heterocycles. The number of nitrogens with zero attached hydrogens (tertiary/aromatic N) is 1. The summed E-state index contributed by atoms with van der Waals surface area (Å²) in [7, 11) is 0. The highest BCUT2D eigenvalue weighted by molar-refractivity contribution is 8.12. The van der Waals surface area contributed by atoms with Gasteiger partial charge in [-0.15, -0.1) is 0 Å². The average Bonchev–Trinajstić information content (AvgIpc) is 2.33. The summed E-state index contributed by atoms with van der Waals surface area (Å²) in [6.07, 6.45) is 1.27. The summed E-state index contributed by atoms with van der Waals surface area (Å²) in [5.74, 6) is 0.803. The molecule has 56 valence electrons. The van der Waals surface area contributed by atoms with E-state index in [0.29, 0.717) is 11.4 Å². The van der Waals surface area contributed by atoms with Gasteiger partial charge < -0.3 is 5.32 Å². The van der Waals surface area contributed by atoms with Crippen molar-refractivity contribution in [1.82, 2.24) is 5.32 Å². The van der Waals surface area contributed by atoms with E-state index in [1.54, 1.807) is 0 Å². The van der Waals surface area contributed by atoms with E-state index in [9.17, 15) is 0 Å². The summed E-state index contributed by atoms with van der Waals surface area (Å²) in [5.41, 5.74) is 1.99. The molecule has 1 saturated heterocycles. The van der Waals surface area contributed by atoms with E-state index >= 15 is 0 Å². The zero-order valence-corrected chi connectivity index (χ0v) is 6.90. The summed E-state index contributed by atoms with van der Waals surface area (Å²) < 4.78 is 0. The fourth-order valence-corrected chi connectivity index (χ4v) is 2.44. The van der Waals surface area contributed by atoms with Crippen LogP contribution in [0.5, 0.6) is 0 Å². The Hall–Kier alpha value is -0.0200. The Bertz CT molecular complexity index is 158. The molecule has 0 aromatic heterocycles. The lowest BCUT2D eigenvalue weighted by Crippen LogP contribution is -2.43. The van der Waals surface area contributed by atoms with Crippen molar-refractivity contribution in [1.29, 1.82) is 0 Å². The third-order valence-corrected chi connectivity index (χ3v) is 3.14. The molecule has 0 bridgehead atoms. The second-order valence-electron chi connectivity index (χ2n) is 3.13. The van der Waals surface area contributed by atoms with Gasteiger partial charge in [0.15, 0.2) is 0 Å². The van der Waals surface area contributed by atoms with E-state index in [0.717, 1.165) is 12.5 Å². The van der Waals surface area contributed by atoms with Gasteiger partial charge in [-0.25, -0.2) is 0 Å². The van der Waals surface area contributed by atoms with Crippen LogP contribution in [-0.2, 0) is 0 Å². The highest BCUT2D eigenvalue weighted by atomic mass is 32.2. The largest absolute Gasteiger partial charge is 0.303 e. The van der Waals surface area contributed by atoms with Gasteiger partial charge in [0.25, 0.3) is 0 Å². The maximum atomic E-state index is 4.38. The van der Waals surface area contributed by atoms with Crippen molar-refractivity contribution in [3.8, 4) is 0 Å². The lowest BCUT2D eigenvalue weighted by Gasteiger charge is -2.28. The highest BCUT2D eigenvalue weighted by Crippen LogP contribution is 2.28. The number of piperidine rings is 1. The van der Waals surface area contributed by atoms with Crippen LogP contribution in [0.2, 0.25) is 0 Å². The molecular formula is C7H12N2S. The summed E-state index contributed by atoms with van der Waals surface area (Å²) in [6, 6.07) is 0.564. The van der Waals surface area contributed by atoms with Gasteiger partial charge in [0, 0.05) is 0 Å². The Kier molecular flexibility index (Phi) is 1.70. The number of rotatable bonds is 0. The molecule has 0 amide bonds. The molecule has 2 aliphatic heterocycles. The molecule has 3 atom stereocenters. The molecule has 2 rings (SSSR count). The van der Waals surface area contributed by atoms with E-state index in [1.165, 1.54) is 6.42 Å². The maximum absolute atomic E-state index is 4.38. The van der Waals surface area contributed by atoms with E-state index < -0.39 is 0 Å². The van der Waals surface area contributed by atoms with E-state index in [-0.39, 0.29) is 0 Å². The van der Waals surface area contributed by atoms with Crippen LogP contribution in [0.1, 0.15) is 13.3 Å². The third-order valence-electron chi connectivity index (χ3n) is 2.12. The number of hydrogen-bond acceptors (Lipinski definition) is 3. The van der Waals surface area contributed by atoms with Gasteiger partial charge in [-0.1, -0.05) is 18.7 Å². The van der Waals surface area contributed by atoms with Crippen molar-refractivity contribution in [2.45, 2.75) is 24.8 Å². The van der Waals surface area contributed by atoms with Gasteiger partial charge in [0.2, 0.25) is 0 Å². The third kappa shape index (κ3) is 1.08. The van der Waals surface area contributed by atoms with Gasteiger partial charge in [0.05, 0.1) is 17.0 Å². The second-order valence-corrected chi connectivity index (χ2v) is 4.12. The molecule has 10 heavy (non-hydrogen) atoms. The molecule has 3 unspecified atom stereocenters. The van der Waals surface area contributed by atoms with E-state index in [2.05, 4.69) is 17.2 Å². The molecule has 0 spiro atoms. The Balaban J connectivity index is 2.01. The van der Waals surface area contributed by atoms with Crippen molar-refractivity contribution >= 4 is 17.3 Å². The van der Waals surface area contributed by atoms with Crippen LogP contribution in [0, 0.1) is 5.92 Å². The van der Waals surface area contributed by atoms with Crippen LogP contribution in [0.3, 0.4) is 0 Å². The summed E-state index contributed by atoms with van der Waals surface area (Å²) in [6.45, 7) is 3.44. The summed E-state index contributed by atoms with van der Waals surface area (Å²) >= 11 is 1.83. The van der Waals surface area contributed by atoms with Gasteiger partial charge in [-0.3, -0.25) is 4.99 Å². The Morgan fingerprint density at radius 1 is 1.70 bits per heavy atom. The Morgan fingerprint density at radius 3 is 3.50 bits per heavy atom. The van der Waals surface area contributed by atoms with Crippen molar-refractivity contribution in [2.24, 2.45) is 10.9 Å². The van der Waals surface area contributed by atoms with Crippen molar-refractivity contribution in [3.05, 3.63) is 0 Å². The van der Waals surface area contributed by atoms with Crippen LogP contribution >= 0.6 is 11.8 Å². The molecule has 1 fully saturated rings. The molecule has 0 saturated carbocycles. The highest BCUT2D eigenvalue weighted by Gasteiger charge is 2.30. The summed E-state index contributed by atoms with van der Waals surface area (Å²) in [5, 5.41) is 4.06. The smallest absolute Gasteiger partial charge is 0.0815 e. The normalized spacial score (nSPS) is 45.5. The Labute approximate surface area is 65.5 Å². The number of nitrogens with one attached hydrogen (secondary N) is 1. The average molecular weight is 156 g/mol. The molecule has 2 aliphatic rings. The van der Waals surface area contributed by atoms with E-state index in [4.69, 9.17) is 0 Å². The molecule has 0 aliphatic carbocycles. The minimum Gasteiger partial charge on any atom is -0.303 e. The van der Waals surface area contributed by atoms with Crippen LogP contribution < -0.4 is 5.32 Å². The molecular weight excluding hydrogens is 144 g/mol. The zero-order valence-electron chi connectivity index (χ0n) is 6.08. The van der Waals surface area contributed by atoms with Crippen LogP contribution in [0.25, 0.3) is 0 Å². The minimum atomic E-state index is 0.564. The first-order chi connectivity index (χ1) is 4.86. The minimum absolute atomic E-state index is 0.564. The fraction of sp³-hybridized carbons (Fsp3) is 0.857. The van der Waals surface area contributed by atoms with Crippen LogP contribution in [-0.4, -0.2) is 23.5 Å². The van der Waals surface area contributed by atoms with E-state index in [1.807, 2.05) is 17.3 Å². The lowest BCUT2D eigenvalue weighted by atomic mass is 9.98. The maximum Gasteiger partial charge on any atom is 0.0815 e.